The molecule has 0 aliphatic carbocycles. The first kappa shape index (κ1) is 9.97. The largest absolute Gasteiger partial charge is 0.416 e. The van der Waals surface area contributed by atoms with E-state index < -0.39 is 8.32 Å². The molecule has 0 saturated heterocycles. The highest BCUT2D eigenvalue weighted by Gasteiger charge is 2.22. The minimum atomic E-state index is -1.70. The van der Waals surface area contributed by atoms with Crippen LogP contribution in [0.15, 0.2) is 24.3 Å². The molecule has 0 heterocycles. The van der Waals surface area contributed by atoms with Gasteiger partial charge >= 0.3 is 0 Å². The molecule has 0 N–H and O–H groups in total. The van der Waals surface area contributed by atoms with Crippen LogP contribution in [0.1, 0.15) is 5.56 Å². The van der Waals surface area contributed by atoms with E-state index in [0.717, 1.165) is 0 Å². The molecule has 0 aliphatic heterocycles. The van der Waals surface area contributed by atoms with Crippen molar-refractivity contribution in [2.45, 2.75) is 13.1 Å². The van der Waals surface area contributed by atoms with Crippen LogP contribution in [0.3, 0.4) is 0 Å². The second kappa shape index (κ2) is 3.73. The third kappa shape index (κ3) is 2.17. The maximum atomic E-state index is 8.62. The zero-order chi connectivity index (χ0) is 9.90. The third-order valence-corrected chi connectivity index (χ3v) is 4.96. The van der Waals surface area contributed by atoms with E-state index in [1.807, 2.05) is 24.3 Å². The van der Waals surface area contributed by atoms with E-state index >= 15 is 0 Å². The zero-order valence-electron chi connectivity index (χ0n) is 8.16. The Morgan fingerprint density at radius 3 is 2.15 bits per heavy atom. The highest BCUT2D eigenvalue weighted by Crippen LogP contribution is 2.04. The van der Waals surface area contributed by atoms with E-state index in [-0.39, 0.29) is 0 Å². The van der Waals surface area contributed by atoms with Gasteiger partial charge in [0.25, 0.3) is 0 Å². The number of nitriles is 1. The molecule has 0 unspecified atom stereocenters. The minimum Gasteiger partial charge on any atom is -0.416 e. The number of benzene rings is 1. The minimum absolute atomic E-state index is 0.699. The lowest BCUT2D eigenvalue weighted by Crippen LogP contribution is -2.43. The second-order valence-corrected chi connectivity index (χ2v) is 7.41. The molecule has 68 valence electrons. The van der Waals surface area contributed by atoms with Crippen LogP contribution >= 0.6 is 0 Å². The Balaban J connectivity index is 3.00. The van der Waals surface area contributed by atoms with Crippen molar-refractivity contribution < 1.29 is 4.43 Å². The summed E-state index contributed by atoms with van der Waals surface area (Å²) in [4.78, 5) is 0. The van der Waals surface area contributed by atoms with Crippen molar-refractivity contribution in [3.8, 4) is 6.07 Å². The van der Waals surface area contributed by atoms with E-state index in [9.17, 15) is 0 Å². The molecule has 0 fully saturated rings. The van der Waals surface area contributed by atoms with Gasteiger partial charge in [-0.25, -0.2) is 0 Å². The van der Waals surface area contributed by atoms with Gasteiger partial charge in [0.2, 0.25) is 8.32 Å². The molecule has 13 heavy (non-hydrogen) atoms. The summed E-state index contributed by atoms with van der Waals surface area (Å²) >= 11 is 0. The molecular formula is C10H13NOSi. The topological polar surface area (TPSA) is 33.0 Å². The average molecular weight is 191 g/mol. The first-order valence-electron chi connectivity index (χ1n) is 4.16. The fourth-order valence-electron chi connectivity index (χ4n) is 1.06. The van der Waals surface area contributed by atoms with Crippen molar-refractivity contribution in [1.82, 2.24) is 0 Å². The monoisotopic (exact) mass is 191 g/mol. The summed E-state index contributed by atoms with van der Waals surface area (Å²) in [5.41, 5.74) is 0.699. The standard InChI is InChI=1S/C10H13NOSi/c1-12-13(2,3)10-6-4-9(8-11)5-7-10/h4-7H,1-3H3. The Morgan fingerprint density at radius 2 is 1.77 bits per heavy atom. The maximum Gasteiger partial charge on any atom is 0.217 e. The van der Waals surface area contributed by atoms with E-state index in [2.05, 4.69) is 19.2 Å². The Labute approximate surface area is 79.9 Å². The second-order valence-electron chi connectivity index (χ2n) is 3.40. The van der Waals surface area contributed by atoms with E-state index in [0.29, 0.717) is 5.56 Å². The van der Waals surface area contributed by atoms with Crippen LogP contribution in [-0.4, -0.2) is 15.4 Å². The number of rotatable bonds is 2. The molecule has 0 atom stereocenters. The lowest BCUT2D eigenvalue weighted by atomic mass is 10.2. The molecule has 2 nitrogen and oxygen atoms in total. The van der Waals surface area contributed by atoms with Gasteiger partial charge in [-0.2, -0.15) is 5.26 Å². The highest BCUT2D eigenvalue weighted by atomic mass is 28.4. The van der Waals surface area contributed by atoms with Crippen molar-refractivity contribution in [3.05, 3.63) is 29.8 Å². The van der Waals surface area contributed by atoms with Crippen molar-refractivity contribution in [2.75, 3.05) is 7.11 Å². The lowest BCUT2D eigenvalue weighted by molar-refractivity contribution is 0.416. The van der Waals surface area contributed by atoms with Crippen LogP contribution in [-0.2, 0) is 4.43 Å². The smallest absolute Gasteiger partial charge is 0.217 e. The van der Waals surface area contributed by atoms with Crippen molar-refractivity contribution >= 4 is 13.5 Å². The van der Waals surface area contributed by atoms with Gasteiger partial charge in [-0.05, 0) is 30.4 Å². The molecule has 0 saturated carbocycles. The fourth-order valence-corrected chi connectivity index (χ4v) is 2.27. The zero-order valence-corrected chi connectivity index (χ0v) is 9.16. The van der Waals surface area contributed by atoms with E-state index in [4.69, 9.17) is 9.69 Å². The van der Waals surface area contributed by atoms with Gasteiger partial charge < -0.3 is 4.43 Å². The summed E-state index contributed by atoms with van der Waals surface area (Å²) in [7, 11) is 0.0420. The summed E-state index contributed by atoms with van der Waals surface area (Å²) in [6.45, 7) is 4.27. The van der Waals surface area contributed by atoms with Gasteiger partial charge in [0.1, 0.15) is 0 Å². The van der Waals surface area contributed by atoms with E-state index in [1.54, 1.807) is 7.11 Å². The van der Waals surface area contributed by atoms with Gasteiger partial charge in [-0.3, -0.25) is 0 Å². The summed E-state index contributed by atoms with van der Waals surface area (Å²) in [6, 6.07) is 9.73. The van der Waals surface area contributed by atoms with Gasteiger partial charge in [0.05, 0.1) is 11.6 Å². The summed E-state index contributed by atoms with van der Waals surface area (Å²) in [5, 5.41) is 9.84. The number of hydrogen-bond acceptors (Lipinski definition) is 2. The Morgan fingerprint density at radius 1 is 1.23 bits per heavy atom. The first-order chi connectivity index (χ1) is 6.10. The summed E-state index contributed by atoms with van der Waals surface area (Å²) in [6.07, 6.45) is 0. The van der Waals surface area contributed by atoms with Gasteiger partial charge in [0.15, 0.2) is 0 Å². The predicted octanol–water partition coefficient (Wildman–Crippen LogP) is 1.62. The number of nitrogens with zero attached hydrogens (tertiary/aromatic N) is 1. The molecule has 1 aromatic carbocycles. The van der Waals surface area contributed by atoms with Gasteiger partial charge in [0, 0.05) is 7.11 Å². The van der Waals surface area contributed by atoms with Crippen LogP contribution in [0, 0.1) is 11.3 Å². The van der Waals surface area contributed by atoms with Crippen LogP contribution in [0.2, 0.25) is 13.1 Å². The molecule has 3 heteroatoms. The van der Waals surface area contributed by atoms with Crippen molar-refractivity contribution in [2.24, 2.45) is 0 Å². The molecule has 1 aromatic rings. The number of hydrogen-bond donors (Lipinski definition) is 0. The molecular weight excluding hydrogens is 178 g/mol. The van der Waals surface area contributed by atoms with Crippen LogP contribution in [0.25, 0.3) is 0 Å². The molecule has 0 aliphatic rings. The molecule has 0 radical (unpaired) electrons. The van der Waals surface area contributed by atoms with Crippen molar-refractivity contribution in [3.63, 3.8) is 0 Å². The Hall–Kier alpha value is -1.11. The highest BCUT2D eigenvalue weighted by molar-refractivity contribution is 6.84. The maximum absolute atomic E-state index is 8.62. The van der Waals surface area contributed by atoms with Crippen LogP contribution < -0.4 is 5.19 Å². The molecule has 0 spiro atoms. The van der Waals surface area contributed by atoms with Gasteiger partial charge in [-0.1, -0.05) is 12.1 Å². The molecule has 1 rings (SSSR count). The summed E-state index contributed by atoms with van der Waals surface area (Å²) in [5.74, 6) is 0. The third-order valence-electron chi connectivity index (χ3n) is 2.22. The van der Waals surface area contributed by atoms with Crippen LogP contribution in [0.5, 0.6) is 0 Å². The van der Waals surface area contributed by atoms with Crippen molar-refractivity contribution in [1.29, 1.82) is 5.26 Å². The molecule has 0 aromatic heterocycles. The molecule has 0 bridgehead atoms. The molecule has 0 amide bonds. The van der Waals surface area contributed by atoms with Crippen LogP contribution in [0.4, 0.5) is 0 Å². The Bertz CT molecular complexity index is 324. The average Bonchev–Trinajstić information content (AvgIpc) is 2.18. The van der Waals surface area contributed by atoms with E-state index in [1.165, 1.54) is 5.19 Å². The van der Waals surface area contributed by atoms with Gasteiger partial charge in [-0.15, -0.1) is 0 Å². The SMILES string of the molecule is CO[Si](C)(C)c1ccc(C#N)cc1. The normalized spacial score (nSPS) is 10.9. The first-order valence-corrected chi connectivity index (χ1v) is 7.07. The Kier molecular flexibility index (Phi) is 2.86. The quantitative estimate of drug-likeness (QED) is 0.665. The lowest BCUT2D eigenvalue weighted by Gasteiger charge is -2.20. The summed E-state index contributed by atoms with van der Waals surface area (Å²) < 4.78 is 5.45. The fraction of sp³-hybridized carbons (Fsp3) is 0.300. The predicted molar refractivity (Wildman–Crippen MR) is 55.3 cm³/mol.